The molecule has 0 saturated carbocycles. The summed E-state index contributed by atoms with van der Waals surface area (Å²) in [5.74, 6) is 0. The third-order valence-corrected chi connectivity index (χ3v) is 1.36. The van der Waals surface area contributed by atoms with Gasteiger partial charge in [0.2, 0.25) is 0 Å². The largest absolute Gasteiger partial charge is 0.349 e. The van der Waals surface area contributed by atoms with Crippen molar-refractivity contribution in [3.05, 3.63) is 0 Å². The van der Waals surface area contributed by atoms with Crippen molar-refractivity contribution in [2.75, 3.05) is 7.11 Å². The molecule has 0 aromatic heterocycles. The molecule has 70 valence electrons. The molecule has 0 amide bonds. The van der Waals surface area contributed by atoms with E-state index in [1.807, 2.05) is 0 Å². The Balaban J connectivity index is 0. The van der Waals surface area contributed by atoms with Crippen LogP contribution in [0, 0.1) is 0 Å². The quantitative estimate of drug-likeness (QED) is 0.706. The van der Waals surface area contributed by atoms with Crippen LogP contribution in [0.25, 0.3) is 0 Å². The predicted octanol–water partition coefficient (Wildman–Crippen LogP) is 2.77. The Morgan fingerprint density at radius 1 is 1.18 bits per heavy atom. The van der Waals surface area contributed by atoms with Crippen molar-refractivity contribution in [2.24, 2.45) is 0 Å². The van der Waals surface area contributed by atoms with Crippen LogP contribution in [0.1, 0.15) is 27.7 Å². The molecule has 11 heavy (non-hydrogen) atoms. The summed E-state index contributed by atoms with van der Waals surface area (Å²) in [6.45, 7) is 8.61. The van der Waals surface area contributed by atoms with Crippen LogP contribution in [0.5, 0.6) is 0 Å². The first-order chi connectivity index (χ1) is 5.04. The van der Waals surface area contributed by atoms with Gasteiger partial charge in [-0.15, -0.1) is 0 Å². The van der Waals surface area contributed by atoms with Gasteiger partial charge >= 0.3 is 0 Å². The van der Waals surface area contributed by atoms with Crippen molar-refractivity contribution < 1.29 is 4.52 Å². The minimum Gasteiger partial charge on any atom is -0.349 e. The summed E-state index contributed by atoms with van der Waals surface area (Å²) in [6.07, 6.45) is 0. The molecule has 0 fully saturated rings. The molecule has 0 saturated heterocycles. The van der Waals surface area contributed by atoms with Crippen LogP contribution >= 0.6 is 19.4 Å². The Morgan fingerprint density at radius 2 is 1.45 bits per heavy atom. The van der Waals surface area contributed by atoms with Gasteiger partial charge in [-0.25, -0.2) is 0 Å². The van der Waals surface area contributed by atoms with Crippen molar-refractivity contribution >= 4 is 19.4 Å². The first-order valence-electron chi connectivity index (χ1n) is 3.69. The van der Waals surface area contributed by atoms with E-state index in [9.17, 15) is 0 Å². The fraction of sp³-hybridized carbons (Fsp3) is 1.00. The van der Waals surface area contributed by atoms with E-state index in [2.05, 4.69) is 37.5 Å². The smallest absolute Gasteiger partial charge is 0.109 e. The van der Waals surface area contributed by atoms with Crippen LogP contribution in [0.3, 0.4) is 0 Å². The minimum atomic E-state index is 0.113. The molecule has 0 aliphatic carbocycles. The third-order valence-electron chi connectivity index (χ3n) is 0.744. The summed E-state index contributed by atoms with van der Waals surface area (Å²) in [5, 5.41) is 3.31. The van der Waals surface area contributed by atoms with Crippen LogP contribution in [-0.4, -0.2) is 19.2 Å². The summed E-state index contributed by atoms with van der Waals surface area (Å²) in [4.78, 5) is 0. The second-order valence-electron chi connectivity index (χ2n) is 2.76. The monoisotopic (exact) mass is 199 g/mol. The van der Waals surface area contributed by atoms with E-state index in [1.54, 1.807) is 7.11 Å². The summed E-state index contributed by atoms with van der Waals surface area (Å²) in [7, 11) is 1.67. The Labute approximate surface area is 76.7 Å². The standard InChI is InChI=1S/C6H15N.CH4ClOP/c1-5(2)7-6(3)4;1-3-4-2/h5-7H,1-4H3;4H,1H3. The number of hydrogen-bond acceptors (Lipinski definition) is 2. The highest BCUT2D eigenvalue weighted by Crippen LogP contribution is 2.13. The van der Waals surface area contributed by atoms with E-state index in [1.165, 1.54) is 0 Å². The zero-order valence-electron chi connectivity index (χ0n) is 7.94. The van der Waals surface area contributed by atoms with Crippen LogP contribution in [0.4, 0.5) is 0 Å². The molecule has 0 aromatic carbocycles. The molecule has 0 spiro atoms. The van der Waals surface area contributed by atoms with E-state index >= 15 is 0 Å². The average Bonchev–Trinajstić information content (AvgIpc) is 1.85. The van der Waals surface area contributed by atoms with Gasteiger partial charge in [-0.05, 0) is 0 Å². The predicted molar refractivity (Wildman–Crippen MR) is 54.6 cm³/mol. The van der Waals surface area contributed by atoms with Crippen LogP contribution in [0.2, 0.25) is 0 Å². The highest BCUT2D eigenvalue weighted by molar-refractivity contribution is 7.64. The normalized spacial score (nSPS) is 10.9. The van der Waals surface area contributed by atoms with E-state index in [4.69, 9.17) is 11.2 Å². The average molecular weight is 200 g/mol. The number of nitrogens with one attached hydrogen (secondary N) is 1. The van der Waals surface area contributed by atoms with Crippen LogP contribution in [-0.2, 0) is 4.52 Å². The zero-order chi connectivity index (χ0) is 9.28. The molecule has 2 nitrogen and oxygen atoms in total. The van der Waals surface area contributed by atoms with Gasteiger partial charge in [0.15, 0.2) is 0 Å². The fourth-order valence-corrected chi connectivity index (χ4v) is 0.667. The maximum atomic E-state index is 4.99. The highest BCUT2D eigenvalue weighted by atomic mass is 35.7. The highest BCUT2D eigenvalue weighted by Gasteiger charge is 1.92. The molecular weight excluding hydrogens is 181 g/mol. The lowest BCUT2D eigenvalue weighted by atomic mass is 10.3. The van der Waals surface area contributed by atoms with E-state index in [0.29, 0.717) is 12.1 Å². The molecule has 0 rings (SSSR count). The van der Waals surface area contributed by atoms with Gasteiger partial charge < -0.3 is 9.84 Å². The third kappa shape index (κ3) is 25.0. The van der Waals surface area contributed by atoms with Gasteiger partial charge in [0.25, 0.3) is 0 Å². The molecule has 1 atom stereocenters. The molecule has 0 heterocycles. The van der Waals surface area contributed by atoms with Gasteiger partial charge in [-0.1, -0.05) is 38.9 Å². The number of rotatable bonds is 3. The van der Waals surface area contributed by atoms with Gasteiger partial charge in [-0.3, -0.25) is 0 Å². The number of hydrogen-bond donors (Lipinski definition) is 1. The van der Waals surface area contributed by atoms with Gasteiger partial charge in [0.05, 0.1) is 0 Å². The van der Waals surface area contributed by atoms with E-state index < -0.39 is 0 Å². The molecule has 4 heteroatoms. The molecule has 0 radical (unpaired) electrons. The Bertz CT molecular complexity index is 63.5. The van der Waals surface area contributed by atoms with Crippen molar-refractivity contribution in [3.8, 4) is 0 Å². The second kappa shape index (κ2) is 10.6. The topological polar surface area (TPSA) is 21.3 Å². The van der Waals surface area contributed by atoms with Crippen LogP contribution < -0.4 is 5.32 Å². The first-order valence-corrected chi connectivity index (χ1v) is 5.61. The minimum absolute atomic E-state index is 0.113. The first kappa shape index (κ1) is 14.2. The zero-order valence-corrected chi connectivity index (χ0v) is 9.70. The molecule has 0 bridgehead atoms. The number of halogens is 1. The van der Waals surface area contributed by atoms with Crippen molar-refractivity contribution in [3.63, 3.8) is 0 Å². The second-order valence-corrected chi connectivity index (χ2v) is 3.78. The fourth-order valence-electron chi connectivity index (χ4n) is 0.667. The van der Waals surface area contributed by atoms with E-state index in [-0.39, 0.29) is 8.16 Å². The molecular formula is C7H19ClNOP. The Hall–Kier alpha value is 0.640. The van der Waals surface area contributed by atoms with Crippen molar-refractivity contribution in [1.82, 2.24) is 5.32 Å². The Kier molecular flexibility index (Phi) is 13.7. The lowest BCUT2D eigenvalue weighted by Gasteiger charge is -2.10. The maximum Gasteiger partial charge on any atom is 0.109 e. The van der Waals surface area contributed by atoms with Gasteiger partial charge in [0, 0.05) is 19.2 Å². The summed E-state index contributed by atoms with van der Waals surface area (Å²) < 4.78 is 4.33. The maximum absolute atomic E-state index is 4.99. The molecule has 1 N–H and O–H groups in total. The molecule has 1 unspecified atom stereocenters. The molecule has 0 aliphatic heterocycles. The van der Waals surface area contributed by atoms with Crippen LogP contribution in [0.15, 0.2) is 0 Å². The molecule has 0 aliphatic rings. The lowest BCUT2D eigenvalue weighted by molar-refractivity contribution is 0.484. The van der Waals surface area contributed by atoms with Crippen molar-refractivity contribution in [2.45, 2.75) is 39.8 Å². The van der Waals surface area contributed by atoms with Gasteiger partial charge in [-0.2, -0.15) is 0 Å². The lowest BCUT2D eigenvalue weighted by Crippen LogP contribution is -2.29. The molecule has 0 aromatic rings. The SMILES string of the molecule is CC(C)NC(C)C.COPCl. The summed E-state index contributed by atoms with van der Waals surface area (Å²) in [6, 6.07) is 1.25. The Morgan fingerprint density at radius 3 is 1.45 bits per heavy atom. The van der Waals surface area contributed by atoms with E-state index in [0.717, 1.165) is 0 Å². The van der Waals surface area contributed by atoms with Gasteiger partial charge in [0.1, 0.15) is 8.16 Å². The van der Waals surface area contributed by atoms with Crippen molar-refractivity contribution in [1.29, 1.82) is 0 Å². The summed E-state index contributed by atoms with van der Waals surface area (Å²) in [5.41, 5.74) is 0. The summed E-state index contributed by atoms with van der Waals surface area (Å²) >= 11 is 4.99.